The number of rotatable bonds is 8. The summed E-state index contributed by atoms with van der Waals surface area (Å²) in [5.41, 5.74) is -0.0543. The molecule has 1 aliphatic carbocycles. The predicted molar refractivity (Wildman–Crippen MR) is 128 cm³/mol. The van der Waals surface area contributed by atoms with Gasteiger partial charge in [-0.3, -0.25) is 9.59 Å². The fourth-order valence-electron chi connectivity index (χ4n) is 4.01. The molecule has 0 aromatic heterocycles. The monoisotopic (exact) mass is 495 g/mol. The van der Waals surface area contributed by atoms with Crippen LogP contribution in [0.3, 0.4) is 0 Å². The zero-order valence-electron chi connectivity index (χ0n) is 19.0. The van der Waals surface area contributed by atoms with Crippen LogP contribution in [0.15, 0.2) is 47.4 Å². The average Bonchev–Trinajstić information content (AvgIpc) is 3.35. The van der Waals surface area contributed by atoms with Crippen LogP contribution in [0.1, 0.15) is 42.5 Å². The smallest absolute Gasteiger partial charge is 0.339 e. The third kappa shape index (κ3) is 6.25. The van der Waals surface area contributed by atoms with Crippen LogP contribution in [0.25, 0.3) is 0 Å². The number of esters is 1. The Bertz CT molecular complexity index is 1160. The van der Waals surface area contributed by atoms with Crippen LogP contribution in [0.2, 0.25) is 0 Å². The summed E-state index contributed by atoms with van der Waals surface area (Å²) >= 11 is 1.18. The molecule has 1 heterocycles. The lowest BCUT2D eigenvalue weighted by Gasteiger charge is -2.31. The highest BCUT2D eigenvalue weighted by molar-refractivity contribution is 8.00. The zero-order chi connectivity index (χ0) is 24.7. The largest absolute Gasteiger partial charge is 0.454 e. The van der Waals surface area contributed by atoms with E-state index in [9.17, 15) is 19.6 Å². The van der Waals surface area contributed by atoms with Crippen molar-refractivity contribution in [2.24, 2.45) is 0 Å². The molecule has 182 valence electrons. The van der Waals surface area contributed by atoms with Gasteiger partial charge in [0.05, 0.1) is 17.4 Å². The summed E-state index contributed by atoms with van der Waals surface area (Å²) in [4.78, 5) is 38.0. The number of anilines is 1. The summed E-state index contributed by atoms with van der Waals surface area (Å²) < 4.78 is 15.8. The van der Waals surface area contributed by atoms with Gasteiger partial charge >= 0.3 is 5.97 Å². The van der Waals surface area contributed by atoms with E-state index >= 15 is 0 Å². The third-order valence-corrected chi connectivity index (χ3v) is 6.83. The van der Waals surface area contributed by atoms with Gasteiger partial charge in [-0.2, -0.15) is 5.26 Å². The summed E-state index contributed by atoms with van der Waals surface area (Å²) in [7, 11) is 0. The quantitative estimate of drug-likeness (QED) is 0.420. The summed E-state index contributed by atoms with van der Waals surface area (Å²) in [5, 5.41) is 15.0. The van der Waals surface area contributed by atoms with E-state index in [-0.39, 0.29) is 24.0 Å². The first-order chi connectivity index (χ1) is 17.0. The van der Waals surface area contributed by atoms with Crippen molar-refractivity contribution < 1.29 is 28.6 Å². The number of thioether (sulfide) groups is 1. The molecule has 9 nitrogen and oxygen atoms in total. The number of nitrogens with one attached hydrogen (secondary N) is 2. The molecule has 0 atom stereocenters. The van der Waals surface area contributed by atoms with Gasteiger partial charge in [-0.25, -0.2) is 4.79 Å². The summed E-state index contributed by atoms with van der Waals surface area (Å²) in [6.07, 6.45) is 3.98. The van der Waals surface area contributed by atoms with Crippen LogP contribution in [0, 0.1) is 11.3 Å². The van der Waals surface area contributed by atoms with Gasteiger partial charge in [0.1, 0.15) is 5.54 Å². The SMILES string of the molecule is N#CC1(NC(=O)COC(=O)c2ccccc2SCC(=O)Nc2ccc3c(c2)OCO3)CCCCC1. The summed E-state index contributed by atoms with van der Waals surface area (Å²) in [6, 6.07) is 14.1. The van der Waals surface area contributed by atoms with Gasteiger partial charge in [0.25, 0.3) is 5.91 Å². The molecular weight excluding hydrogens is 470 g/mol. The molecule has 1 aliphatic heterocycles. The Labute approximate surface area is 207 Å². The maximum absolute atomic E-state index is 12.6. The number of hydrogen-bond acceptors (Lipinski definition) is 8. The number of nitrogens with zero attached hydrogens (tertiary/aromatic N) is 1. The minimum absolute atomic E-state index is 0.0594. The molecule has 0 bridgehead atoms. The number of carbonyl (C=O) groups excluding carboxylic acids is 3. The lowest BCUT2D eigenvalue weighted by atomic mass is 9.83. The van der Waals surface area contributed by atoms with Crippen LogP contribution in [0.4, 0.5) is 5.69 Å². The van der Waals surface area contributed by atoms with Crippen LogP contribution >= 0.6 is 11.8 Å². The molecule has 1 saturated carbocycles. The standard InChI is InChI=1S/C25H25N3O6S/c26-15-25(10-4-1-5-11-25)28-22(29)13-32-24(31)18-6-2-3-7-21(18)35-14-23(30)27-17-8-9-19-20(12-17)34-16-33-19/h2-3,6-9,12H,1,4-5,10-11,13-14,16H2,(H,27,30)(H,28,29). The molecular formula is C25H25N3O6S. The number of nitriles is 1. The van der Waals surface area contributed by atoms with Gasteiger partial charge in [0.2, 0.25) is 12.7 Å². The van der Waals surface area contributed by atoms with Crippen molar-refractivity contribution >= 4 is 35.2 Å². The lowest BCUT2D eigenvalue weighted by Crippen LogP contribution is -2.50. The van der Waals surface area contributed by atoms with E-state index in [1.807, 2.05) is 0 Å². The minimum atomic E-state index is -0.888. The zero-order valence-corrected chi connectivity index (χ0v) is 19.8. The van der Waals surface area contributed by atoms with Crippen molar-refractivity contribution in [2.75, 3.05) is 24.5 Å². The van der Waals surface area contributed by atoms with E-state index < -0.39 is 24.0 Å². The van der Waals surface area contributed by atoms with Crippen LogP contribution < -0.4 is 20.1 Å². The van der Waals surface area contributed by atoms with Crippen LogP contribution in [-0.4, -0.2) is 42.5 Å². The second kappa shape index (κ2) is 11.1. The Balaban J connectivity index is 1.29. The van der Waals surface area contributed by atoms with E-state index in [2.05, 4.69) is 16.7 Å². The van der Waals surface area contributed by atoms with Gasteiger partial charge in [-0.15, -0.1) is 11.8 Å². The molecule has 2 aromatic carbocycles. The molecule has 1 fully saturated rings. The second-order valence-corrected chi connectivity index (χ2v) is 9.30. The van der Waals surface area contributed by atoms with Crippen LogP contribution in [0.5, 0.6) is 11.5 Å². The number of ether oxygens (including phenoxy) is 3. The fourth-order valence-corrected chi connectivity index (χ4v) is 4.85. The Morgan fingerprint density at radius 3 is 2.60 bits per heavy atom. The van der Waals surface area contributed by atoms with Gasteiger partial charge in [0.15, 0.2) is 18.1 Å². The number of carbonyl (C=O) groups is 3. The van der Waals surface area contributed by atoms with E-state index in [1.165, 1.54) is 11.8 Å². The molecule has 0 radical (unpaired) electrons. The fraction of sp³-hybridized carbons (Fsp3) is 0.360. The molecule has 2 N–H and O–H groups in total. The second-order valence-electron chi connectivity index (χ2n) is 8.28. The van der Waals surface area contributed by atoms with Crippen molar-refractivity contribution in [3.05, 3.63) is 48.0 Å². The van der Waals surface area contributed by atoms with Gasteiger partial charge in [0, 0.05) is 16.6 Å². The first kappa shape index (κ1) is 24.4. The van der Waals surface area contributed by atoms with E-state index in [0.717, 1.165) is 19.3 Å². The Morgan fingerprint density at radius 1 is 1.03 bits per heavy atom. The average molecular weight is 496 g/mol. The molecule has 4 rings (SSSR count). The van der Waals surface area contributed by atoms with E-state index in [0.29, 0.717) is 34.9 Å². The molecule has 2 aromatic rings. The number of fused-ring (bicyclic) bond motifs is 1. The topological polar surface area (TPSA) is 127 Å². The minimum Gasteiger partial charge on any atom is -0.454 e. The molecule has 2 aliphatic rings. The third-order valence-electron chi connectivity index (χ3n) is 5.76. The Morgan fingerprint density at radius 2 is 1.80 bits per heavy atom. The van der Waals surface area contributed by atoms with Crippen molar-refractivity contribution in [2.45, 2.75) is 42.5 Å². The number of amides is 2. The first-order valence-electron chi connectivity index (χ1n) is 11.3. The Hall–Kier alpha value is -3.71. The molecule has 0 saturated heterocycles. The molecule has 0 spiro atoms. The van der Waals surface area contributed by atoms with Crippen molar-refractivity contribution in [3.8, 4) is 17.6 Å². The van der Waals surface area contributed by atoms with Gasteiger partial charge in [-0.05, 0) is 37.1 Å². The van der Waals surface area contributed by atoms with E-state index in [1.54, 1.807) is 42.5 Å². The van der Waals surface area contributed by atoms with Gasteiger partial charge in [-0.1, -0.05) is 31.4 Å². The highest BCUT2D eigenvalue weighted by atomic mass is 32.2. The lowest BCUT2D eigenvalue weighted by molar-refractivity contribution is -0.126. The van der Waals surface area contributed by atoms with E-state index in [4.69, 9.17) is 14.2 Å². The normalized spacial score (nSPS) is 15.5. The Kier molecular flexibility index (Phi) is 7.77. The molecule has 0 unspecified atom stereocenters. The number of hydrogen-bond donors (Lipinski definition) is 2. The maximum atomic E-state index is 12.6. The summed E-state index contributed by atoms with van der Waals surface area (Å²) in [5.74, 6) is -0.184. The predicted octanol–water partition coefficient (Wildman–Crippen LogP) is 3.65. The van der Waals surface area contributed by atoms with Crippen LogP contribution in [-0.2, 0) is 14.3 Å². The summed E-state index contributed by atoms with van der Waals surface area (Å²) in [6.45, 7) is -0.331. The van der Waals surface area contributed by atoms with Crippen molar-refractivity contribution in [1.29, 1.82) is 5.26 Å². The molecule has 2 amide bonds. The first-order valence-corrected chi connectivity index (χ1v) is 12.3. The highest BCUT2D eigenvalue weighted by Crippen LogP contribution is 2.34. The maximum Gasteiger partial charge on any atom is 0.339 e. The van der Waals surface area contributed by atoms with Crippen molar-refractivity contribution in [3.63, 3.8) is 0 Å². The highest BCUT2D eigenvalue weighted by Gasteiger charge is 2.33. The molecule has 10 heteroatoms. The molecule has 35 heavy (non-hydrogen) atoms. The number of benzene rings is 2. The van der Waals surface area contributed by atoms with Gasteiger partial charge < -0.3 is 24.8 Å². The van der Waals surface area contributed by atoms with Crippen molar-refractivity contribution in [1.82, 2.24) is 5.32 Å².